The molecule has 2 nitrogen and oxygen atoms in total. The van der Waals surface area contributed by atoms with E-state index >= 15 is 0 Å². The van der Waals surface area contributed by atoms with Gasteiger partial charge in [0.2, 0.25) is 5.89 Å². The monoisotopic (exact) mass is 411 g/mol. The average molecular weight is 413 g/mol. The highest BCUT2D eigenvalue weighted by Crippen LogP contribution is 2.33. The smallest absolute Gasteiger partial charge is 0.230 e. The summed E-state index contributed by atoms with van der Waals surface area (Å²) in [6.45, 7) is 4.23. The van der Waals surface area contributed by atoms with E-state index in [4.69, 9.17) is 4.42 Å². The van der Waals surface area contributed by atoms with E-state index < -0.39 is 0 Å². The number of hydrogen-bond donors (Lipinski definition) is 0. The average Bonchev–Trinajstić information content (AvgIpc) is 2.82. The third-order valence-corrected chi connectivity index (χ3v) is 4.38. The lowest BCUT2D eigenvalue weighted by molar-refractivity contribution is 0.592. The third kappa shape index (κ3) is 2.77. The van der Waals surface area contributed by atoms with E-state index in [0.29, 0.717) is 21.5 Å². The first-order valence-corrected chi connectivity index (χ1v) is 8.09. The molecule has 0 amide bonds. The molecular formula is C16H12Br2FNO. The molecule has 0 bridgehead atoms. The molecule has 108 valence electrons. The Morgan fingerprint density at radius 3 is 2.57 bits per heavy atom. The molecule has 1 heterocycles. The van der Waals surface area contributed by atoms with Crippen molar-refractivity contribution in [3.05, 3.63) is 50.7 Å². The lowest BCUT2D eigenvalue weighted by atomic mass is 10.0. The van der Waals surface area contributed by atoms with Crippen molar-refractivity contribution >= 4 is 43.0 Å². The summed E-state index contributed by atoms with van der Waals surface area (Å²) >= 11 is 6.74. The molecule has 0 unspecified atom stereocenters. The van der Waals surface area contributed by atoms with Crippen LogP contribution in [0, 0.1) is 5.82 Å². The number of hydrogen-bond acceptors (Lipinski definition) is 2. The van der Waals surface area contributed by atoms with E-state index in [1.54, 1.807) is 12.1 Å². The zero-order valence-corrected chi connectivity index (χ0v) is 14.6. The molecule has 0 atom stereocenters. The van der Waals surface area contributed by atoms with E-state index in [0.717, 1.165) is 15.6 Å². The maximum atomic E-state index is 14.0. The molecule has 3 aromatic rings. The minimum absolute atomic E-state index is 0.289. The number of benzene rings is 2. The molecule has 0 aliphatic carbocycles. The van der Waals surface area contributed by atoms with E-state index in [1.165, 1.54) is 6.07 Å². The van der Waals surface area contributed by atoms with Crippen LogP contribution in [0.3, 0.4) is 0 Å². The van der Waals surface area contributed by atoms with Gasteiger partial charge in [-0.15, -0.1) is 0 Å². The molecule has 21 heavy (non-hydrogen) atoms. The van der Waals surface area contributed by atoms with Gasteiger partial charge in [-0.1, -0.05) is 29.8 Å². The highest BCUT2D eigenvalue weighted by atomic mass is 79.9. The van der Waals surface area contributed by atoms with Crippen molar-refractivity contribution in [1.29, 1.82) is 0 Å². The zero-order chi connectivity index (χ0) is 15.1. The van der Waals surface area contributed by atoms with E-state index in [2.05, 4.69) is 50.7 Å². The Morgan fingerprint density at radius 1 is 1.14 bits per heavy atom. The second kappa shape index (κ2) is 5.54. The van der Waals surface area contributed by atoms with Gasteiger partial charge in [0.1, 0.15) is 11.3 Å². The molecule has 1 aromatic heterocycles. The second-order valence-corrected chi connectivity index (χ2v) is 6.92. The first kappa shape index (κ1) is 14.7. The lowest BCUT2D eigenvalue weighted by Crippen LogP contribution is -1.87. The molecule has 0 fully saturated rings. The van der Waals surface area contributed by atoms with Crippen LogP contribution in [0.2, 0.25) is 0 Å². The van der Waals surface area contributed by atoms with Gasteiger partial charge < -0.3 is 4.42 Å². The maximum Gasteiger partial charge on any atom is 0.230 e. The summed E-state index contributed by atoms with van der Waals surface area (Å²) in [7, 11) is 0. The Kier molecular flexibility index (Phi) is 3.88. The highest BCUT2D eigenvalue weighted by Gasteiger charge is 2.16. The maximum absolute atomic E-state index is 14.0. The summed E-state index contributed by atoms with van der Waals surface area (Å²) in [5.74, 6) is 0.308. The Hall–Kier alpha value is -1.20. The quantitative estimate of drug-likeness (QED) is 0.494. The fourth-order valence-corrected chi connectivity index (χ4v) is 3.01. The van der Waals surface area contributed by atoms with Crippen LogP contribution in [0.15, 0.2) is 43.7 Å². The molecule has 2 aromatic carbocycles. The predicted molar refractivity (Wildman–Crippen MR) is 88.9 cm³/mol. The van der Waals surface area contributed by atoms with Crippen LogP contribution in [0.4, 0.5) is 4.39 Å². The highest BCUT2D eigenvalue weighted by molar-refractivity contribution is 9.11. The number of aromatic nitrogens is 1. The molecule has 0 N–H and O–H groups in total. The van der Waals surface area contributed by atoms with Gasteiger partial charge in [0, 0.05) is 4.47 Å². The summed E-state index contributed by atoms with van der Waals surface area (Å²) < 4.78 is 21.3. The minimum Gasteiger partial charge on any atom is -0.435 e. The normalized spacial score (nSPS) is 11.5. The third-order valence-electron chi connectivity index (χ3n) is 3.30. The molecule has 0 aliphatic rings. The summed E-state index contributed by atoms with van der Waals surface area (Å²) in [5, 5.41) is 0. The van der Waals surface area contributed by atoms with Crippen LogP contribution in [0.25, 0.3) is 22.6 Å². The summed E-state index contributed by atoms with van der Waals surface area (Å²) in [5.41, 5.74) is 2.88. The molecule has 0 saturated carbocycles. The van der Waals surface area contributed by atoms with Gasteiger partial charge in [-0.2, -0.15) is 0 Å². The molecule has 0 radical (unpaired) electrons. The Balaban J connectivity index is 2.19. The topological polar surface area (TPSA) is 26.0 Å². The Bertz CT molecular complexity index is 827. The zero-order valence-electron chi connectivity index (χ0n) is 11.5. The number of oxazole rings is 1. The molecule has 0 aliphatic heterocycles. The first-order chi connectivity index (χ1) is 9.95. The van der Waals surface area contributed by atoms with Crippen molar-refractivity contribution in [2.75, 3.05) is 0 Å². The van der Waals surface area contributed by atoms with Gasteiger partial charge in [0.05, 0.1) is 10.0 Å². The molecule has 5 heteroatoms. The number of halogens is 3. The predicted octanol–water partition coefficient (Wildman–Crippen LogP) is 6.28. The van der Waals surface area contributed by atoms with Crippen LogP contribution < -0.4 is 0 Å². The first-order valence-electron chi connectivity index (χ1n) is 6.51. The van der Waals surface area contributed by atoms with Gasteiger partial charge in [0.25, 0.3) is 0 Å². The standard InChI is InChI=1S/C16H12Br2FNO/c1-8(2)9-5-12(18)15-14(6-9)20-16(21-15)11-4-3-10(17)7-13(11)19/h3-8H,1-2H3. The van der Waals surface area contributed by atoms with Crippen molar-refractivity contribution in [3.8, 4) is 11.5 Å². The largest absolute Gasteiger partial charge is 0.435 e. The van der Waals surface area contributed by atoms with Crippen molar-refractivity contribution in [2.24, 2.45) is 0 Å². The molecular weight excluding hydrogens is 401 g/mol. The molecule has 0 spiro atoms. The van der Waals surface area contributed by atoms with E-state index in [-0.39, 0.29) is 11.7 Å². The van der Waals surface area contributed by atoms with Gasteiger partial charge >= 0.3 is 0 Å². The lowest BCUT2D eigenvalue weighted by Gasteiger charge is -2.04. The van der Waals surface area contributed by atoms with Crippen LogP contribution >= 0.6 is 31.9 Å². The minimum atomic E-state index is -0.365. The fraction of sp³-hybridized carbons (Fsp3) is 0.188. The number of nitrogens with zero attached hydrogens (tertiary/aromatic N) is 1. The second-order valence-electron chi connectivity index (χ2n) is 5.15. The molecule has 0 saturated heterocycles. The van der Waals surface area contributed by atoms with Crippen molar-refractivity contribution < 1.29 is 8.81 Å². The summed E-state index contributed by atoms with van der Waals surface area (Å²) in [6.07, 6.45) is 0. The van der Waals surface area contributed by atoms with Crippen LogP contribution in [-0.2, 0) is 0 Å². The van der Waals surface area contributed by atoms with E-state index in [1.807, 2.05) is 12.1 Å². The fourth-order valence-electron chi connectivity index (χ4n) is 2.12. The summed E-state index contributed by atoms with van der Waals surface area (Å²) in [4.78, 5) is 4.43. The number of rotatable bonds is 2. The SMILES string of the molecule is CC(C)c1cc(Br)c2oc(-c3ccc(Br)cc3F)nc2c1. The van der Waals surface area contributed by atoms with Gasteiger partial charge in [-0.25, -0.2) is 9.37 Å². The van der Waals surface area contributed by atoms with Crippen LogP contribution in [-0.4, -0.2) is 4.98 Å². The van der Waals surface area contributed by atoms with Crippen LogP contribution in [0.5, 0.6) is 0 Å². The van der Waals surface area contributed by atoms with Gasteiger partial charge in [0.15, 0.2) is 5.58 Å². The van der Waals surface area contributed by atoms with Gasteiger partial charge in [-0.3, -0.25) is 0 Å². The van der Waals surface area contributed by atoms with E-state index in [9.17, 15) is 4.39 Å². The Morgan fingerprint density at radius 2 is 1.90 bits per heavy atom. The van der Waals surface area contributed by atoms with Crippen molar-refractivity contribution in [3.63, 3.8) is 0 Å². The van der Waals surface area contributed by atoms with Crippen LogP contribution in [0.1, 0.15) is 25.3 Å². The van der Waals surface area contributed by atoms with Crippen molar-refractivity contribution in [1.82, 2.24) is 4.98 Å². The Labute approximate surface area is 138 Å². The van der Waals surface area contributed by atoms with Crippen molar-refractivity contribution in [2.45, 2.75) is 19.8 Å². The number of fused-ring (bicyclic) bond motifs is 1. The molecule has 3 rings (SSSR count). The summed E-state index contributed by atoms with van der Waals surface area (Å²) in [6, 6.07) is 8.82. The van der Waals surface area contributed by atoms with Gasteiger partial charge in [-0.05, 0) is 57.7 Å².